The molecule has 188 valence electrons. The molecule has 2 aromatic heterocycles. The zero-order valence-corrected chi connectivity index (χ0v) is 20.7. The first kappa shape index (κ1) is 24.1. The third-order valence-corrected chi connectivity index (χ3v) is 6.67. The van der Waals surface area contributed by atoms with Gasteiger partial charge in [-0.25, -0.2) is 9.37 Å². The third kappa shape index (κ3) is 5.01. The van der Waals surface area contributed by atoms with E-state index in [9.17, 15) is 9.59 Å². The Balaban J connectivity index is 1.40. The predicted molar refractivity (Wildman–Crippen MR) is 132 cm³/mol. The highest BCUT2D eigenvalue weighted by atomic mass is 19.1. The molecule has 1 unspecified atom stereocenters. The number of pyridine rings is 1. The Morgan fingerprint density at radius 2 is 1.92 bits per heavy atom. The van der Waals surface area contributed by atoms with E-state index in [0.29, 0.717) is 41.2 Å². The molecule has 0 bridgehead atoms. The maximum Gasteiger partial charge on any atom is 0.293 e. The molecule has 0 radical (unpaired) electrons. The van der Waals surface area contributed by atoms with E-state index in [1.807, 2.05) is 26.8 Å². The van der Waals surface area contributed by atoms with Crippen molar-refractivity contribution in [1.82, 2.24) is 20.4 Å². The van der Waals surface area contributed by atoms with E-state index in [1.54, 1.807) is 24.4 Å². The van der Waals surface area contributed by atoms with Gasteiger partial charge in [-0.1, -0.05) is 44.5 Å². The first-order valence-corrected chi connectivity index (χ1v) is 12.4. The fourth-order valence-corrected chi connectivity index (χ4v) is 4.48. The number of anilines is 1. The molecule has 36 heavy (non-hydrogen) atoms. The molecule has 1 atom stereocenters. The van der Waals surface area contributed by atoms with Crippen LogP contribution in [0.1, 0.15) is 86.6 Å². The number of nitrogens with one attached hydrogen (secondary N) is 2. The highest BCUT2D eigenvalue weighted by molar-refractivity contribution is 5.93. The number of benzene rings is 1. The van der Waals surface area contributed by atoms with E-state index in [4.69, 9.17) is 4.52 Å². The van der Waals surface area contributed by atoms with Crippen molar-refractivity contribution < 1.29 is 18.5 Å². The lowest BCUT2D eigenvalue weighted by molar-refractivity contribution is -0.117. The van der Waals surface area contributed by atoms with Crippen LogP contribution < -0.4 is 10.6 Å². The Hall–Kier alpha value is -3.62. The maximum absolute atomic E-state index is 15.9. The van der Waals surface area contributed by atoms with Crippen molar-refractivity contribution in [2.24, 2.45) is 5.92 Å². The average molecular weight is 492 g/mol. The molecule has 1 fully saturated rings. The summed E-state index contributed by atoms with van der Waals surface area (Å²) in [6, 6.07) is 6.68. The molecule has 2 heterocycles. The van der Waals surface area contributed by atoms with Gasteiger partial charge < -0.3 is 15.2 Å². The molecule has 5 rings (SSSR count). The molecule has 2 N–H and O–H groups in total. The molecule has 1 saturated carbocycles. The van der Waals surface area contributed by atoms with Gasteiger partial charge in [-0.2, -0.15) is 4.98 Å². The highest BCUT2D eigenvalue weighted by Crippen LogP contribution is 2.36. The zero-order chi connectivity index (χ0) is 25.4. The van der Waals surface area contributed by atoms with Crippen LogP contribution in [0.5, 0.6) is 0 Å². The monoisotopic (exact) mass is 491 g/mol. The van der Waals surface area contributed by atoms with Crippen LogP contribution in [0.25, 0.3) is 11.1 Å². The number of fused-ring (bicyclic) bond motifs is 1. The Bertz CT molecular complexity index is 1310. The quantitative estimate of drug-likeness (QED) is 0.480. The van der Waals surface area contributed by atoms with E-state index in [2.05, 4.69) is 25.8 Å². The van der Waals surface area contributed by atoms with Crippen LogP contribution >= 0.6 is 0 Å². The molecule has 0 aliphatic heterocycles. The average Bonchev–Trinajstić information content (AvgIpc) is 3.60. The molecule has 2 aliphatic rings. The van der Waals surface area contributed by atoms with Gasteiger partial charge in [-0.05, 0) is 60.9 Å². The van der Waals surface area contributed by atoms with E-state index in [1.165, 1.54) is 0 Å². The molecular weight excluding hydrogens is 461 g/mol. The fourth-order valence-electron chi connectivity index (χ4n) is 4.48. The summed E-state index contributed by atoms with van der Waals surface area (Å²) in [6.07, 6.45) is 6.29. The topological polar surface area (TPSA) is 110 Å². The zero-order valence-electron chi connectivity index (χ0n) is 20.7. The van der Waals surface area contributed by atoms with Crippen LogP contribution in [0, 0.1) is 11.7 Å². The number of rotatable bonds is 5. The van der Waals surface area contributed by atoms with Gasteiger partial charge >= 0.3 is 0 Å². The molecular formula is C27H30FN5O3. The lowest BCUT2D eigenvalue weighted by Crippen LogP contribution is -2.30. The molecule has 8 nitrogen and oxygen atoms in total. The smallest absolute Gasteiger partial charge is 0.293 e. The Morgan fingerprint density at radius 3 is 2.64 bits per heavy atom. The van der Waals surface area contributed by atoms with E-state index < -0.39 is 5.91 Å². The van der Waals surface area contributed by atoms with Crippen molar-refractivity contribution in [2.75, 3.05) is 5.32 Å². The number of hydrogen-bond donors (Lipinski definition) is 2. The molecule has 2 amide bonds. The summed E-state index contributed by atoms with van der Waals surface area (Å²) in [5, 5.41) is 9.64. The van der Waals surface area contributed by atoms with Crippen LogP contribution in [-0.2, 0) is 16.6 Å². The van der Waals surface area contributed by atoms with Gasteiger partial charge in [0, 0.05) is 23.1 Å². The number of hydrogen-bond acceptors (Lipinski definition) is 6. The van der Waals surface area contributed by atoms with Gasteiger partial charge in [0.1, 0.15) is 11.6 Å². The summed E-state index contributed by atoms with van der Waals surface area (Å²) in [5.41, 5.74) is 2.07. The predicted octanol–water partition coefficient (Wildman–Crippen LogP) is 5.11. The molecule has 3 aromatic rings. The Morgan fingerprint density at radius 1 is 1.11 bits per heavy atom. The largest absolute Gasteiger partial charge is 0.342 e. The summed E-state index contributed by atoms with van der Waals surface area (Å²) in [7, 11) is 0. The second-order valence-corrected chi connectivity index (χ2v) is 10.6. The van der Waals surface area contributed by atoms with Crippen LogP contribution in [0.15, 0.2) is 35.0 Å². The summed E-state index contributed by atoms with van der Waals surface area (Å²) in [6.45, 7) is 5.78. The van der Waals surface area contributed by atoms with Crippen LogP contribution in [0.3, 0.4) is 0 Å². The van der Waals surface area contributed by atoms with Crippen LogP contribution in [0.2, 0.25) is 0 Å². The SMILES string of the molecule is CC(C)(C)c1nc(C(=O)NC2CCCCc3c2ccc(-c2ccnc(NC(=O)C4CC4)c2)c3F)no1. The first-order chi connectivity index (χ1) is 17.2. The second kappa shape index (κ2) is 9.44. The van der Waals surface area contributed by atoms with Gasteiger partial charge in [0.25, 0.3) is 11.7 Å². The molecule has 0 spiro atoms. The van der Waals surface area contributed by atoms with Crippen molar-refractivity contribution >= 4 is 17.6 Å². The number of amides is 2. The minimum absolute atomic E-state index is 0.0274. The van der Waals surface area contributed by atoms with Gasteiger partial charge in [0.2, 0.25) is 11.8 Å². The maximum atomic E-state index is 15.9. The summed E-state index contributed by atoms with van der Waals surface area (Å²) in [5.74, 6) is 0.0282. The standard InChI is InChI=1S/C27H30FN5O3/c1-27(2,3)26-32-23(33-36-26)25(35)30-20-7-5-4-6-19-18(20)11-10-17(22(19)28)16-12-13-29-21(14-16)31-24(34)15-8-9-15/h10-15,20H,4-9H2,1-3H3,(H,30,35)(H,29,31,34). The summed E-state index contributed by atoms with van der Waals surface area (Å²) < 4.78 is 21.1. The number of carbonyl (C=O) groups excluding carboxylic acids is 2. The second-order valence-electron chi connectivity index (χ2n) is 10.6. The number of nitrogens with zero attached hydrogens (tertiary/aromatic N) is 3. The summed E-state index contributed by atoms with van der Waals surface area (Å²) >= 11 is 0. The normalized spacial score (nSPS) is 17.7. The minimum Gasteiger partial charge on any atom is -0.342 e. The van der Waals surface area contributed by atoms with Crippen molar-refractivity contribution in [3.8, 4) is 11.1 Å². The van der Waals surface area contributed by atoms with Crippen molar-refractivity contribution in [1.29, 1.82) is 0 Å². The molecule has 1 aromatic carbocycles. The van der Waals surface area contributed by atoms with Crippen LogP contribution in [-0.4, -0.2) is 26.9 Å². The molecule has 2 aliphatic carbocycles. The lowest BCUT2D eigenvalue weighted by atomic mass is 9.93. The number of carbonyl (C=O) groups is 2. The van der Waals surface area contributed by atoms with Gasteiger partial charge in [0.15, 0.2) is 0 Å². The molecule has 9 heteroatoms. The fraction of sp³-hybridized carbons (Fsp3) is 0.444. The lowest BCUT2D eigenvalue weighted by Gasteiger charge is -2.20. The first-order valence-electron chi connectivity index (χ1n) is 12.4. The third-order valence-electron chi connectivity index (χ3n) is 6.67. The van der Waals surface area contributed by atoms with E-state index in [0.717, 1.165) is 31.2 Å². The Kier molecular flexibility index (Phi) is 6.32. The van der Waals surface area contributed by atoms with E-state index >= 15 is 4.39 Å². The number of halogens is 1. The van der Waals surface area contributed by atoms with E-state index in [-0.39, 0.29) is 34.9 Å². The minimum atomic E-state index is -0.443. The van der Waals surface area contributed by atoms with Crippen LogP contribution in [0.4, 0.5) is 10.2 Å². The summed E-state index contributed by atoms with van der Waals surface area (Å²) in [4.78, 5) is 33.5. The van der Waals surface area contributed by atoms with Crippen molar-refractivity contribution in [3.05, 3.63) is 59.1 Å². The van der Waals surface area contributed by atoms with Crippen molar-refractivity contribution in [3.63, 3.8) is 0 Å². The van der Waals surface area contributed by atoms with Gasteiger partial charge in [-0.3, -0.25) is 9.59 Å². The van der Waals surface area contributed by atoms with Crippen molar-refractivity contribution in [2.45, 2.75) is 70.8 Å². The van der Waals surface area contributed by atoms with Gasteiger partial charge in [0.05, 0.1) is 6.04 Å². The Labute approximate surface area is 209 Å². The highest BCUT2D eigenvalue weighted by Gasteiger charge is 2.30. The number of aromatic nitrogens is 3. The van der Waals surface area contributed by atoms with Gasteiger partial charge in [-0.15, -0.1) is 0 Å². The molecule has 0 saturated heterocycles.